The number of hydrogen-bond donors (Lipinski definition) is 1. The van der Waals surface area contributed by atoms with Gasteiger partial charge in [-0.05, 0) is 51.1 Å². The van der Waals surface area contributed by atoms with Gasteiger partial charge in [-0.25, -0.2) is 0 Å². The fraction of sp³-hybridized carbons (Fsp3) is 0.706. The third-order valence-electron chi connectivity index (χ3n) is 5.10. The van der Waals surface area contributed by atoms with E-state index in [1.165, 1.54) is 6.42 Å². The van der Waals surface area contributed by atoms with Crippen molar-refractivity contribution in [3.63, 3.8) is 0 Å². The number of piperidine rings is 1. The second-order valence-electron chi connectivity index (χ2n) is 6.80. The molecule has 2 aliphatic rings. The Morgan fingerprint density at radius 3 is 2.87 bits per heavy atom. The van der Waals surface area contributed by atoms with Gasteiger partial charge in [0.15, 0.2) is 0 Å². The average Bonchev–Trinajstić information content (AvgIpc) is 3.21. The Hall–Kier alpha value is -1.87. The number of nitrogens with one attached hydrogen (secondary N) is 1. The van der Waals surface area contributed by atoms with Gasteiger partial charge in [-0.15, -0.1) is 0 Å². The molecule has 1 aliphatic carbocycles. The van der Waals surface area contributed by atoms with Crippen LogP contribution in [-0.2, 0) is 11.3 Å². The van der Waals surface area contributed by atoms with Crippen LogP contribution in [0.15, 0.2) is 18.5 Å². The van der Waals surface area contributed by atoms with E-state index in [-0.39, 0.29) is 5.91 Å². The van der Waals surface area contributed by atoms with Crippen LogP contribution < -0.4 is 5.32 Å². The van der Waals surface area contributed by atoms with E-state index >= 15 is 0 Å². The van der Waals surface area contributed by atoms with Gasteiger partial charge < -0.3 is 5.32 Å². The summed E-state index contributed by atoms with van der Waals surface area (Å²) >= 11 is 0. The quantitative estimate of drug-likeness (QED) is 0.897. The number of nitriles is 1. The van der Waals surface area contributed by atoms with E-state index in [0.717, 1.165) is 51.6 Å². The molecule has 6 nitrogen and oxygen atoms in total. The van der Waals surface area contributed by atoms with Gasteiger partial charge in [0.1, 0.15) is 5.54 Å². The van der Waals surface area contributed by atoms with Crippen LogP contribution in [0.3, 0.4) is 0 Å². The first-order valence-electron chi connectivity index (χ1n) is 8.64. The largest absolute Gasteiger partial charge is 0.337 e. The van der Waals surface area contributed by atoms with E-state index in [4.69, 9.17) is 0 Å². The van der Waals surface area contributed by atoms with Crippen molar-refractivity contribution in [2.45, 2.75) is 63.1 Å². The predicted octanol–water partition coefficient (Wildman–Crippen LogP) is 1.69. The number of nitrogens with zero attached hydrogens (tertiary/aromatic N) is 4. The van der Waals surface area contributed by atoms with Crippen LogP contribution in [0, 0.1) is 11.3 Å². The van der Waals surface area contributed by atoms with Gasteiger partial charge in [0.25, 0.3) is 0 Å². The zero-order valence-electron chi connectivity index (χ0n) is 13.6. The van der Waals surface area contributed by atoms with Gasteiger partial charge >= 0.3 is 0 Å². The van der Waals surface area contributed by atoms with Gasteiger partial charge in [0.05, 0.1) is 19.2 Å². The minimum atomic E-state index is -0.621. The lowest BCUT2D eigenvalue weighted by atomic mass is 9.99. The third-order valence-corrected chi connectivity index (χ3v) is 5.10. The van der Waals surface area contributed by atoms with Crippen LogP contribution in [0.5, 0.6) is 0 Å². The fourth-order valence-corrected chi connectivity index (χ4v) is 3.83. The number of likely N-dealkylation sites (tertiary alicyclic amines) is 1. The van der Waals surface area contributed by atoms with Crippen LogP contribution in [-0.4, -0.2) is 45.3 Å². The van der Waals surface area contributed by atoms with Crippen LogP contribution in [0.1, 0.15) is 44.9 Å². The third kappa shape index (κ3) is 3.91. The summed E-state index contributed by atoms with van der Waals surface area (Å²) in [5.74, 6) is -0.0131. The Morgan fingerprint density at radius 1 is 1.35 bits per heavy atom. The Labute approximate surface area is 137 Å². The molecule has 1 saturated heterocycles. The predicted molar refractivity (Wildman–Crippen MR) is 86.4 cm³/mol. The van der Waals surface area contributed by atoms with Crippen molar-refractivity contribution in [1.29, 1.82) is 5.26 Å². The molecule has 124 valence electrons. The molecule has 1 saturated carbocycles. The summed E-state index contributed by atoms with van der Waals surface area (Å²) in [6, 6.07) is 4.60. The van der Waals surface area contributed by atoms with E-state index in [2.05, 4.69) is 21.4 Å². The summed E-state index contributed by atoms with van der Waals surface area (Å²) in [6.07, 6.45) is 10.8. The lowest BCUT2D eigenvalue weighted by Crippen LogP contribution is -2.52. The van der Waals surface area contributed by atoms with Crippen molar-refractivity contribution in [2.24, 2.45) is 0 Å². The normalized spacial score (nSPS) is 24.2. The highest BCUT2D eigenvalue weighted by Gasteiger charge is 2.36. The Balaban J connectivity index is 1.58. The van der Waals surface area contributed by atoms with Crippen LogP contribution in [0.2, 0.25) is 0 Å². The van der Waals surface area contributed by atoms with Gasteiger partial charge in [-0.1, -0.05) is 6.42 Å². The molecular weight excluding hydrogens is 290 g/mol. The fourth-order valence-electron chi connectivity index (χ4n) is 3.83. The molecule has 0 radical (unpaired) electrons. The first-order chi connectivity index (χ1) is 11.2. The molecule has 0 aromatic carbocycles. The summed E-state index contributed by atoms with van der Waals surface area (Å²) in [5, 5.41) is 16.7. The first-order valence-corrected chi connectivity index (χ1v) is 8.64. The van der Waals surface area contributed by atoms with Crippen molar-refractivity contribution in [3.8, 4) is 6.07 Å². The lowest BCUT2D eigenvalue weighted by molar-refractivity contribution is -0.124. The lowest BCUT2D eigenvalue weighted by Gasteiger charge is -2.35. The molecule has 1 N–H and O–H groups in total. The summed E-state index contributed by atoms with van der Waals surface area (Å²) < 4.78 is 1.94. The molecule has 23 heavy (non-hydrogen) atoms. The molecule has 2 heterocycles. The minimum absolute atomic E-state index is 0.0131. The molecule has 6 heteroatoms. The van der Waals surface area contributed by atoms with Crippen LogP contribution in [0.4, 0.5) is 0 Å². The summed E-state index contributed by atoms with van der Waals surface area (Å²) in [4.78, 5) is 14.7. The first kappa shape index (κ1) is 16.0. The molecule has 2 fully saturated rings. The zero-order chi connectivity index (χ0) is 16.1. The van der Waals surface area contributed by atoms with Crippen LogP contribution >= 0.6 is 0 Å². The zero-order valence-corrected chi connectivity index (χ0v) is 13.6. The standard InChI is InChI=1S/C17H25N5O/c18-14-17(7-2-3-8-17)20-16(23)13-21-10-4-1-6-15(21)12-22-11-5-9-19-22/h5,9,11,15H,1-4,6-8,10,12-13H2,(H,20,23)/t15-/m0/s1. The molecule has 0 bridgehead atoms. The highest BCUT2D eigenvalue weighted by molar-refractivity contribution is 5.79. The number of rotatable bonds is 5. The highest BCUT2D eigenvalue weighted by Crippen LogP contribution is 2.29. The monoisotopic (exact) mass is 315 g/mol. The van der Waals surface area contributed by atoms with Crippen molar-refractivity contribution < 1.29 is 4.79 Å². The van der Waals surface area contributed by atoms with Crippen molar-refractivity contribution in [2.75, 3.05) is 13.1 Å². The topological polar surface area (TPSA) is 74.0 Å². The molecule has 0 unspecified atom stereocenters. The molecule has 1 aliphatic heterocycles. The number of hydrogen-bond acceptors (Lipinski definition) is 4. The molecule has 1 amide bonds. The number of carbonyl (C=O) groups excluding carboxylic acids is 1. The smallest absolute Gasteiger partial charge is 0.235 e. The maximum atomic E-state index is 12.5. The molecular formula is C17H25N5O. The summed E-state index contributed by atoms with van der Waals surface area (Å²) in [7, 11) is 0. The SMILES string of the molecule is N#CC1(NC(=O)CN2CCCC[C@H]2Cn2cccn2)CCCC1. The molecule has 3 rings (SSSR count). The van der Waals surface area contributed by atoms with Crippen molar-refractivity contribution in [1.82, 2.24) is 20.0 Å². The molecule has 0 spiro atoms. The van der Waals surface area contributed by atoms with Gasteiger partial charge in [-0.2, -0.15) is 10.4 Å². The summed E-state index contributed by atoms with van der Waals surface area (Å²) in [5.41, 5.74) is -0.621. The maximum absolute atomic E-state index is 12.5. The number of aromatic nitrogens is 2. The minimum Gasteiger partial charge on any atom is -0.337 e. The molecule has 1 aromatic rings. The Kier molecular flexibility index (Phi) is 4.97. The Morgan fingerprint density at radius 2 is 2.17 bits per heavy atom. The number of amides is 1. The van der Waals surface area contributed by atoms with E-state index in [9.17, 15) is 10.1 Å². The maximum Gasteiger partial charge on any atom is 0.235 e. The van der Waals surface area contributed by atoms with Crippen molar-refractivity contribution in [3.05, 3.63) is 18.5 Å². The average molecular weight is 315 g/mol. The second-order valence-corrected chi connectivity index (χ2v) is 6.80. The van der Waals surface area contributed by atoms with Gasteiger partial charge in [0, 0.05) is 18.4 Å². The second kappa shape index (κ2) is 7.14. The van der Waals surface area contributed by atoms with Crippen molar-refractivity contribution >= 4 is 5.91 Å². The van der Waals surface area contributed by atoms with E-state index in [0.29, 0.717) is 12.6 Å². The summed E-state index contributed by atoms with van der Waals surface area (Å²) in [6.45, 7) is 2.15. The van der Waals surface area contributed by atoms with E-state index in [1.807, 2.05) is 16.9 Å². The van der Waals surface area contributed by atoms with E-state index < -0.39 is 5.54 Å². The highest BCUT2D eigenvalue weighted by atomic mass is 16.2. The Bertz CT molecular complexity index is 556. The van der Waals surface area contributed by atoms with Crippen LogP contribution in [0.25, 0.3) is 0 Å². The number of carbonyl (C=O) groups is 1. The van der Waals surface area contributed by atoms with E-state index in [1.54, 1.807) is 6.20 Å². The molecule has 1 atom stereocenters. The van der Waals surface area contributed by atoms with Gasteiger partial charge in [-0.3, -0.25) is 14.4 Å². The van der Waals surface area contributed by atoms with Gasteiger partial charge in [0.2, 0.25) is 5.91 Å². The molecule has 1 aromatic heterocycles.